The number of fused-ring (bicyclic) bond motifs is 1. The molecule has 0 aliphatic carbocycles. The number of methoxy groups -OCH3 is 1. The van der Waals surface area contributed by atoms with Gasteiger partial charge in [0.15, 0.2) is 11.5 Å². The van der Waals surface area contributed by atoms with Crippen LogP contribution in [0.5, 0.6) is 11.5 Å². The highest BCUT2D eigenvalue weighted by Gasteiger charge is 2.22. The SMILES string of the molecule is COc1cccc2c1OC(C)C(/C=C(/C#N)C(=O)NCc1cccnc1)=C2. The second-order valence-corrected chi connectivity index (χ2v) is 6.00. The second-order valence-electron chi connectivity index (χ2n) is 6.00. The molecule has 6 heteroatoms. The van der Waals surface area contributed by atoms with Gasteiger partial charge in [-0.1, -0.05) is 18.2 Å². The first-order valence-electron chi connectivity index (χ1n) is 8.46. The Balaban J connectivity index is 1.81. The van der Waals surface area contributed by atoms with Gasteiger partial charge in [0.05, 0.1) is 7.11 Å². The van der Waals surface area contributed by atoms with Crippen molar-refractivity contribution in [1.82, 2.24) is 10.3 Å². The van der Waals surface area contributed by atoms with E-state index >= 15 is 0 Å². The van der Waals surface area contributed by atoms with E-state index in [-0.39, 0.29) is 11.7 Å². The summed E-state index contributed by atoms with van der Waals surface area (Å²) in [4.78, 5) is 16.4. The van der Waals surface area contributed by atoms with Gasteiger partial charge < -0.3 is 14.8 Å². The molecule has 2 heterocycles. The Hall–Kier alpha value is -3.59. The van der Waals surface area contributed by atoms with E-state index in [0.717, 1.165) is 16.7 Å². The van der Waals surface area contributed by atoms with Crippen molar-refractivity contribution < 1.29 is 14.3 Å². The fourth-order valence-corrected chi connectivity index (χ4v) is 2.73. The number of para-hydroxylation sites is 1. The van der Waals surface area contributed by atoms with Gasteiger partial charge in [-0.3, -0.25) is 9.78 Å². The average Bonchev–Trinajstić information content (AvgIpc) is 2.70. The molecule has 27 heavy (non-hydrogen) atoms. The predicted molar refractivity (Wildman–Crippen MR) is 101 cm³/mol. The summed E-state index contributed by atoms with van der Waals surface area (Å²) >= 11 is 0. The number of hydrogen-bond acceptors (Lipinski definition) is 5. The number of pyridine rings is 1. The standard InChI is InChI=1S/C21H19N3O3/c1-14-17(9-16-6-3-7-19(26-2)20(16)27-14)10-18(11-22)21(25)24-13-15-5-4-8-23-12-15/h3-10,12,14H,13H2,1-2H3,(H,24,25)/b18-10-. The molecule has 1 aromatic heterocycles. The molecule has 1 amide bonds. The molecule has 1 unspecified atom stereocenters. The van der Waals surface area contributed by atoms with Crippen molar-refractivity contribution in [3.8, 4) is 17.6 Å². The van der Waals surface area contributed by atoms with Crippen molar-refractivity contribution in [2.24, 2.45) is 0 Å². The van der Waals surface area contributed by atoms with Crippen molar-refractivity contribution in [3.05, 3.63) is 71.1 Å². The third kappa shape index (κ3) is 4.15. The Morgan fingerprint density at radius 2 is 2.26 bits per heavy atom. The monoisotopic (exact) mass is 361 g/mol. The normalized spacial score (nSPS) is 15.7. The van der Waals surface area contributed by atoms with E-state index in [1.165, 1.54) is 0 Å². The predicted octanol–water partition coefficient (Wildman–Crippen LogP) is 3.02. The second kappa shape index (κ2) is 8.19. The maximum absolute atomic E-state index is 12.4. The number of nitrogens with one attached hydrogen (secondary N) is 1. The van der Waals surface area contributed by atoms with Gasteiger partial charge in [-0.2, -0.15) is 5.26 Å². The molecule has 136 valence electrons. The van der Waals surface area contributed by atoms with E-state index in [1.54, 1.807) is 31.6 Å². The van der Waals surface area contributed by atoms with Crippen LogP contribution in [0.25, 0.3) is 6.08 Å². The molecule has 0 saturated carbocycles. The Bertz CT molecular complexity index is 943. The molecule has 3 rings (SSSR count). The van der Waals surface area contributed by atoms with E-state index in [9.17, 15) is 10.1 Å². The Morgan fingerprint density at radius 3 is 2.96 bits per heavy atom. The number of carbonyl (C=O) groups is 1. The highest BCUT2D eigenvalue weighted by molar-refractivity contribution is 5.98. The Kier molecular flexibility index (Phi) is 5.53. The lowest BCUT2D eigenvalue weighted by Gasteiger charge is -2.24. The lowest BCUT2D eigenvalue weighted by atomic mass is 10.00. The summed E-state index contributed by atoms with van der Waals surface area (Å²) in [5, 5.41) is 12.1. The molecule has 0 fully saturated rings. The maximum Gasteiger partial charge on any atom is 0.262 e. The van der Waals surface area contributed by atoms with Gasteiger partial charge in [0.1, 0.15) is 17.7 Å². The van der Waals surface area contributed by atoms with Crippen LogP contribution in [0.3, 0.4) is 0 Å². The van der Waals surface area contributed by atoms with Crippen molar-refractivity contribution >= 4 is 12.0 Å². The highest BCUT2D eigenvalue weighted by atomic mass is 16.5. The van der Waals surface area contributed by atoms with E-state index in [4.69, 9.17) is 9.47 Å². The van der Waals surface area contributed by atoms with Gasteiger partial charge in [0.25, 0.3) is 5.91 Å². The minimum Gasteiger partial charge on any atom is -0.493 e. The first-order valence-corrected chi connectivity index (χ1v) is 8.46. The molecule has 0 saturated heterocycles. The summed E-state index contributed by atoms with van der Waals surface area (Å²) in [6, 6.07) is 11.2. The van der Waals surface area contributed by atoms with Gasteiger partial charge in [-0.15, -0.1) is 0 Å². The van der Waals surface area contributed by atoms with E-state index in [2.05, 4.69) is 10.3 Å². The lowest BCUT2D eigenvalue weighted by molar-refractivity contribution is -0.117. The largest absolute Gasteiger partial charge is 0.493 e. The minimum atomic E-state index is -0.439. The average molecular weight is 361 g/mol. The Labute approximate surface area is 157 Å². The van der Waals surface area contributed by atoms with Crippen LogP contribution in [0.15, 0.2) is 59.9 Å². The molecule has 0 bridgehead atoms. The van der Waals surface area contributed by atoms with E-state index < -0.39 is 5.91 Å². The van der Waals surface area contributed by atoms with Crippen LogP contribution < -0.4 is 14.8 Å². The number of aromatic nitrogens is 1. The topological polar surface area (TPSA) is 84.2 Å². The highest BCUT2D eigenvalue weighted by Crippen LogP contribution is 2.38. The van der Waals surface area contributed by atoms with Crippen LogP contribution in [0.2, 0.25) is 0 Å². The molecule has 1 N–H and O–H groups in total. The number of ether oxygens (including phenoxy) is 2. The fraction of sp³-hybridized carbons (Fsp3) is 0.190. The summed E-state index contributed by atoms with van der Waals surface area (Å²) < 4.78 is 11.3. The zero-order valence-electron chi connectivity index (χ0n) is 15.1. The van der Waals surface area contributed by atoms with Crippen LogP contribution in [-0.2, 0) is 11.3 Å². The molecular formula is C21H19N3O3. The van der Waals surface area contributed by atoms with Gasteiger partial charge >= 0.3 is 0 Å². The Morgan fingerprint density at radius 1 is 1.41 bits per heavy atom. The lowest BCUT2D eigenvalue weighted by Crippen LogP contribution is -2.25. The van der Waals surface area contributed by atoms with Crippen LogP contribution in [0.4, 0.5) is 0 Å². The van der Waals surface area contributed by atoms with Crippen molar-refractivity contribution in [2.45, 2.75) is 19.6 Å². The van der Waals surface area contributed by atoms with Crippen LogP contribution in [0, 0.1) is 11.3 Å². The number of nitriles is 1. The fourth-order valence-electron chi connectivity index (χ4n) is 2.73. The maximum atomic E-state index is 12.4. The molecule has 6 nitrogen and oxygen atoms in total. The summed E-state index contributed by atoms with van der Waals surface area (Å²) in [5.41, 5.74) is 2.46. The molecule has 1 aromatic carbocycles. The minimum absolute atomic E-state index is 0.0203. The van der Waals surface area contributed by atoms with Crippen LogP contribution in [0.1, 0.15) is 18.1 Å². The van der Waals surface area contributed by atoms with Crippen molar-refractivity contribution in [2.75, 3.05) is 7.11 Å². The number of benzene rings is 1. The summed E-state index contributed by atoms with van der Waals surface area (Å²) in [5.74, 6) is 0.864. The molecule has 0 spiro atoms. The molecule has 1 aliphatic heterocycles. The van der Waals surface area contributed by atoms with Crippen molar-refractivity contribution in [1.29, 1.82) is 5.26 Å². The van der Waals surface area contributed by atoms with E-state index in [1.807, 2.05) is 43.3 Å². The quantitative estimate of drug-likeness (QED) is 0.654. The van der Waals surface area contributed by atoms with Gasteiger partial charge in [0, 0.05) is 24.5 Å². The van der Waals surface area contributed by atoms with Gasteiger partial charge in [0.2, 0.25) is 0 Å². The number of amides is 1. The summed E-state index contributed by atoms with van der Waals surface area (Å²) in [7, 11) is 1.59. The summed E-state index contributed by atoms with van der Waals surface area (Å²) in [6.07, 6.45) is 6.47. The molecular weight excluding hydrogens is 342 g/mol. The van der Waals surface area contributed by atoms with Gasteiger partial charge in [-0.05, 0) is 42.3 Å². The molecule has 1 aliphatic rings. The summed E-state index contributed by atoms with van der Waals surface area (Å²) in [6.45, 7) is 2.16. The third-order valence-electron chi connectivity index (χ3n) is 4.17. The van der Waals surface area contributed by atoms with Crippen LogP contribution in [-0.4, -0.2) is 24.1 Å². The molecule has 2 aromatic rings. The zero-order chi connectivity index (χ0) is 19.2. The third-order valence-corrected chi connectivity index (χ3v) is 4.17. The first-order chi connectivity index (χ1) is 13.1. The number of carbonyl (C=O) groups excluding carboxylic acids is 1. The number of hydrogen-bond donors (Lipinski definition) is 1. The number of nitrogens with zero attached hydrogens (tertiary/aromatic N) is 2. The molecule has 1 atom stereocenters. The van der Waals surface area contributed by atoms with Crippen molar-refractivity contribution in [3.63, 3.8) is 0 Å². The smallest absolute Gasteiger partial charge is 0.262 e. The van der Waals surface area contributed by atoms with Gasteiger partial charge in [-0.25, -0.2) is 0 Å². The first kappa shape index (κ1) is 18.2. The van der Waals surface area contributed by atoms with Crippen LogP contribution >= 0.6 is 0 Å². The zero-order valence-corrected chi connectivity index (χ0v) is 15.1. The molecule has 0 radical (unpaired) electrons. The van der Waals surface area contributed by atoms with E-state index in [0.29, 0.717) is 18.0 Å². The number of rotatable bonds is 5.